The lowest BCUT2D eigenvalue weighted by Gasteiger charge is -2.11. The molecule has 112 valence electrons. The lowest BCUT2D eigenvalue weighted by Crippen LogP contribution is -2.08. The zero-order chi connectivity index (χ0) is 15.1. The Morgan fingerprint density at radius 1 is 1.18 bits per heavy atom. The maximum atomic E-state index is 12.6. The molecule has 22 heavy (non-hydrogen) atoms. The molecule has 0 aliphatic heterocycles. The van der Waals surface area contributed by atoms with Gasteiger partial charge in [0.1, 0.15) is 11.9 Å². The standard InChI is InChI=1S/C13H10F2N6O/c14-13(15)22-12-8(9(6-1-2-6)17-5-18-12)11-16-3-7-4-19-21-10(7)20-11/h3-6,13H,1-2H2,(H,16,19,20,21). The summed E-state index contributed by atoms with van der Waals surface area (Å²) in [5.41, 5.74) is 1.48. The van der Waals surface area contributed by atoms with Crippen LogP contribution >= 0.6 is 0 Å². The van der Waals surface area contributed by atoms with Gasteiger partial charge in [0.05, 0.1) is 17.3 Å². The van der Waals surface area contributed by atoms with Gasteiger partial charge in [-0.15, -0.1) is 0 Å². The maximum absolute atomic E-state index is 12.6. The minimum Gasteiger partial charge on any atom is -0.416 e. The van der Waals surface area contributed by atoms with Crippen molar-refractivity contribution in [3.63, 3.8) is 0 Å². The third-order valence-electron chi connectivity index (χ3n) is 3.42. The van der Waals surface area contributed by atoms with Gasteiger partial charge in [0.15, 0.2) is 11.5 Å². The third-order valence-corrected chi connectivity index (χ3v) is 3.42. The second-order valence-corrected chi connectivity index (χ2v) is 4.96. The molecule has 0 atom stereocenters. The van der Waals surface area contributed by atoms with Crippen molar-refractivity contribution in [2.45, 2.75) is 25.4 Å². The van der Waals surface area contributed by atoms with Crippen molar-refractivity contribution in [2.24, 2.45) is 0 Å². The highest BCUT2D eigenvalue weighted by Gasteiger charge is 2.32. The van der Waals surface area contributed by atoms with E-state index in [-0.39, 0.29) is 17.6 Å². The molecule has 0 spiro atoms. The first kappa shape index (κ1) is 13.0. The number of alkyl halides is 2. The van der Waals surface area contributed by atoms with E-state index in [1.807, 2.05) is 0 Å². The summed E-state index contributed by atoms with van der Waals surface area (Å²) in [5.74, 6) is 0.250. The van der Waals surface area contributed by atoms with Crippen molar-refractivity contribution in [3.8, 4) is 17.3 Å². The van der Waals surface area contributed by atoms with E-state index in [1.165, 1.54) is 6.33 Å². The first-order chi connectivity index (χ1) is 10.7. The van der Waals surface area contributed by atoms with Crippen LogP contribution in [0.4, 0.5) is 8.78 Å². The van der Waals surface area contributed by atoms with Crippen LogP contribution in [0.2, 0.25) is 0 Å². The molecule has 3 aromatic heterocycles. The number of ether oxygens (including phenoxy) is 1. The van der Waals surface area contributed by atoms with Crippen LogP contribution in [0.15, 0.2) is 18.7 Å². The van der Waals surface area contributed by atoms with Gasteiger partial charge in [-0.1, -0.05) is 0 Å². The maximum Gasteiger partial charge on any atom is 0.388 e. The summed E-state index contributed by atoms with van der Waals surface area (Å²) in [6.07, 6.45) is 6.27. The van der Waals surface area contributed by atoms with Crippen LogP contribution in [0, 0.1) is 0 Å². The summed E-state index contributed by atoms with van der Waals surface area (Å²) >= 11 is 0. The molecule has 0 bridgehead atoms. The molecule has 0 unspecified atom stereocenters. The molecule has 0 radical (unpaired) electrons. The second kappa shape index (κ2) is 4.93. The molecule has 3 heterocycles. The lowest BCUT2D eigenvalue weighted by atomic mass is 10.1. The van der Waals surface area contributed by atoms with E-state index in [2.05, 4.69) is 34.9 Å². The average molecular weight is 304 g/mol. The fourth-order valence-corrected chi connectivity index (χ4v) is 2.29. The van der Waals surface area contributed by atoms with E-state index in [0.717, 1.165) is 18.2 Å². The molecular formula is C13H10F2N6O. The van der Waals surface area contributed by atoms with Crippen LogP contribution in [-0.2, 0) is 0 Å². The van der Waals surface area contributed by atoms with Crippen LogP contribution in [0.3, 0.4) is 0 Å². The van der Waals surface area contributed by atoms with Gasteiger partial charge in [-0.2, -0.15) is 13.9 Å². The van der Waals surface area contributed by atoms with Gasteiger partial charge >= 0.3 is 6.61 Å². The number of hydrogen-bond donors (Lipinski definition) is 1. The smallest absolute Gasteiger partial charge is 0.388 e. The average Bonchev–Trinajstić information content (AvgIpc) is 3.24. The summed E-state index contributed by atoms with van der Waals surface area (Å²) in [5, 5.41) is 7.32. The molecular weight excluding hydrogens is 294 g/mol. The molecule has 1 aliphatic rings. The van der Waals surface area contributed by atoms with Gasteiger partial charge in [0.2, 0.25) is 5.88 Å². The van der Waals surface area contributed by atoms with Crippen molar-refractivity contribution in [1.82, 2.24) is 30.1 Å². The zero-order valence-corrected chi connectivity index (χ0v) is 11.2. The second-order valence-electron chi connectivity index (χ2n) is 4.96. The van der Waals surface area contributed by atoms with E-state index in [9.17, 15) is 8.78 Å². The van der Waals surface area contributed by atoms with Crippen LogP contribution in [-0.4, -0.2) is 36.7 Å². The number of halogens is 2. The summed E-state index contributed by atoms with van der Waals surface area (Å²) < 4.78 is 29.8. The fraction of sp³-hybridized carbons (Fsp3) is 0.308. The number of aromatic nitrogens is 6. The molecule has 0 saturated heterocycles. The fourth-order valence-electron chi connectivity index (χ4n) is 2.29. The number of rotatable bonds is 4. The Morgan fingerprint density at radius 2 is 2.05 bits per heavy atom. The summed E-state index contributed by atoms with van der Waals surface area (Å²) in [4.78, 5) is 16.5. The predicted octanol–water partition coefficient (Wildman–Crippen LogP) is 2.29. The summed E-state index contributed by atoms with van der Waals surface area (Å²) in [7, 11) is 0. The van der Waals surface area contributed by atoms with E-state index < -0.39 is 6.61 Å². The predicted molar refractivity (Wildman–Crippen MR) is 71.3 cm³/mol. The van der Waals surface area contributed by atoms with Crippen LogP contribution < -0.4 is 4.74 Å². The lowest BCUT2D eigenvalue weighted by molar-refractivity contribution is -0.0525. The number of nitrogens with one attached hydrogen (secondary N) is 1. The van der Waals surface area contributed by atoms with E-state index in [1.54, 1.807) is 12.4 Å². The molecule has 4 rings (SSSR count). The van der Waals surface area contributed by atoms with Gasteiger partial charge in [-0.05, 0) is 12.8 Å². The van der Waals surface area contributed by atoms with Crippen molar-refractivity contribution in [2.75, 3.05) is 0 Å². The molecule has 0 amide bonds. The van der Waals surface area contributed by atoms with Crippen molar-refractivity contribution < 1.29 is 13.5 Å². The minimum absolute atomic E-state index is 0.203. The van der Waals surface area contributed by atoms with Crippen molar-refractivity contribution in [1.29, 1.82) is 0 Å². The molecule has 1 aliphatic carbocycles. The molecule has 1 saturated carbocycles. The molecule has 1 N–H and O–H groups in total. The number of hydrogen-bond acceptors (Lipinski definition) is 6. The molecule has 9 heteroatoms. The Labute approximate surface area is 122 Å². The highest BCUT2D eigenvalue weighted by Crippen LogP contribution is 2.45. The summed E-state index contributed by atoms with van der Waals surface area (Å²) in [6, 6.07) is 0. The van der Waals surface area contributed by atoms with Crippen LogP contribution in [0.5, 0.6) is 5.88 Å². The number of fused-ring (bicyclic) bond motifs is 1. The largest absolute Gasteiger partial charge is 0.416 e. The Morgan fingerprint density at radius 3 is 2.82 bits per heavy atom. The summed E-state index contributed by atoms with van der Waals surface area (Å²) in [6.45, 7) is -2.98. The first-order valence-corrected chi connectivity index (χ1v) is 6.68. The normalized spacial score (nSPS) is 14.7. The number of H-pyrrole nitrogens is 1. The number of nitrogens with zero attached hydrogens (tertiary/aromatic N) is 5. The van der Waals surface area contributed by atoms with Gasteiger partial charge < -0.3 is 4.74 Å². The van der Waals surface area contributed by atoms with E-state index in [4.69, 9.17) is 0 Å². The van der Waals surface area contributed by atoms with E-state index >= 15 is 0 Å². The Balaban J connectivity index is 1.90. The monoisotopic (exact) mass is 304 g/mol. The Kier molecular flexibility index (Phi) is 2.91. The highest BCUT2D eigenvalue weighted by molar-refractivity contribution is 5.76. The number of aromatic amines is 1. The van der Waals surface area contributed by atoms with Crippen molar-refractivity contribution >= 4 is 11.0 Å². The van der Waals surface area contributed by atoms with Gasteiger partial charge in [0, 0.05) is 12.1 Å². The van der Waals surface area contributed by atoms with Gasteiger partial charge in [0.25, 0.3) is 0 Å². The molecule has 3 aromatic rings. The highest BCUT2D eigenvalue weighted by atomic mass is 19.3. The third kappa shape index (κ3) is 2.24. The van der Waals surface area contributed by atoms with Crippen molar-refractivity contribution in [3.05, 3.63) is 24.4 Å². The zero-order valence-electron chi connectivity index (χ0n) is 11.2. The molecule has 7 nitrogen and oxygen atoms in total. The topological polar surface area (TPSA) is 89.5 Å². The van der Waals surface area contributed by atoms with Gasteiger partial charge in [-0.3, -0.25) is 5.10 Å². The molecule has 0 aromatic carbocycles. The molecule has 1 fully saturated rings. The Hall–Kier alpha value is -2.71. The van der Waals surface area contributed by atoms with Gasteiger partial charge in [-0.25, -0.2) is 19.9 Å². The SMILES string of the molecule is FC(F)Oc1ncnc(C2CC2)c1-c1ncc2cn[nH]c2n1. The quantitative estimate of drug-likeness (QED) is 0.795. The van der Waals surface area contributed by atoms with Crippen LogP contribution in [0.25, 0.3) is 22.4 Å². The Bertz CT molecular complexity index is 832. The minimum atomic E-state index is -2.98. The van der Waals surface area contributed by atoms with Crippen LogP contribution in [0.1, 0.15) is 24.5 Å². The van der Waals surface area contributed by atoms with E-state index in [0.29, 0.717) is 16.9 Å². The first-order valence-electron chi connectivity index (χ1n) is 6.68.